The van der Waals surface area contributed by atoms with Gasteiger partial charge in [-0.3, -0.25) is 14.7 Å². The molecule has 0 radical (unpaired) electrons. The van der Waals surface area contributed by atoms with Gasteiger partial charge in [-0.2, -0.15) is 11.8 Å². The van der Waals surface area contributed by atoms with Gasteiger partial charge in [-0.25, -0.2) is 0 Å². The van der Waals surface area contributed by atoms with Crippen molar-refractivity contribution in [3.63, 3.8) is 0 Å². The summed E-state index contributed by atoms with van der Waals surface area (Å²) in [4.78, 5) is 23.5. The minimum atomic E-state index is 0. The standard InChI is InChI=1S/C18H33N5O2S.HI/c1-3-19-17(22-7-5-21(6-8-22)16(2)24)20-14-18(4-13-26-15-18)23-9-11-25-12-10-23;/h3-15H2,1-2H3,(H,19,20);1H. The Bertz CT molecular complexity index is 502. The Balaban J connectivity index is 0.00000261. The zero-order valence-corrected chi connectivity index (χ0v) is 19.8. The van der Waals surface area contributed by atoms with Gasteiger partial charge in [0.15, 0.2) is 5.96 Å². The van der Waals surface area contributed by atoms with Gasteiger partial charge in [0.2, 0.25) is 5.91 Å². The van der Waals surface area contributed by atoms with Gasteiger partial charge in [-0.05, 0) is 19.1 Å². The second-order valence-corrected chi connectivity index (χ2v) is 8.39. The molecule has 0 aromatic heterocycles. The third-order valence-electron chi connectivity index (χ3n) is 5.65. The summed E-state index contributed by atoms with van der Waals surface area (Å²) < 4.78 is 5.56. The van der Waals surface area contributed by atoms with Crippen LogP contribution in [-0.2, 0) is 9.53 Å². The van der Waals surface area contributed by atoms with Crippen LogP contribution in [0.25, 0.3) is 0 Å². The molecule has 3 fully saturated rings. The fourth-order valence-corrected chi connectivity index (χ4v) is 5.46. The maximum atomic E-state index is 11.6. The minimum Gasteiger partial charge on any atom is -0.379 e. The van der Waals surface area contributed by atoms with E-state index in [9.17, 15) is 4.79 Å². The predicted octanol–water partition coefficient (Wildman–Crippen LogP) is 0.942. The fourth-order valence-electron chi connectivity index (χ4n) is 3.99. The van der Waals surface area contributed by atoms with E-state index in [1.807, 2.05) is 16.7 Å². The molecule has 3 aliphatic heterocycles. The van der Waals surface area contributed by atoms with Gasteiger partial charge in [0.05, 0.1) is 25.3 Å². The number of carbonyl (C=O) groups is 1. The highest BCUT2D eigenvalue weighted by Crippen LogP contribution is 2.34. The highest BCUT2D eigenvalue weighted by Gasteiger charge is 2.40. The van der Waals surface area contributed by atoms with E-state index in [1.165, 1.54) is 12.2 Å². The van der Waals surface area contributed by atoms with Gasteiger partial charge in [-0.15, -0.1) is 24.0 Å². The molecule has 3 heterocycles. The number of nitrogens with zero attached hydrogens (tertiary/aromatic N) is 4. The number of carbonyl (C=O) groups excluding carboxylic acids is 1. The lowest BCUT2D eigenvalue weighted by Crippen LogP contribution is -2.57. The summed E-state index contributed by atoms with van der Waals surface area (Å²) in [6.07, 6.45) is 1.21. The van der Waals surface area contributed by atoms with E-state index in [2.05, 4.69) is 22.0 Å². The number of hydrogen-bond acceptors (Lipinski definition) is 5. The zero-order valence-electron chi connectivity index (χ0n) is 16.6. The average molecular weight is 511 g/mol. The Kier molecular flexibility index (Phi) is 9.43. The molecule has 3 saturated heterocycles. The van der Waals surface area contributed by atoms with Crippen LogP contribution < -0.4 is 5.32 Å². The number of morpholine rings is 1. The van der Waals surface area contributed by atoms with E-state index in [-0.39, 0.29) is 35.4 Å². The number of thioether (sulfide) groups is 1. The number of guanidine groups is 1. The van der Waals surface area contributed by atoms with Crippen LogP contribution in [0, 0.1) is 0 Å². The molecule has 0 aromatic carbocycles. The maximum absolute atomic E-state index is 11.6. The van der Waals surface area contributed by atoms with Crippen molar-refractivity contribution >= 4 is 47.6 Å². The van der Waals surface area contributed by atoms with Crippen molar-refractivity contribution in [1.82, 2.24) is 20.0 Å². The molecule has 3 aliphatic rings. The Morgan fingerprint density at radius 1 is 1.15 bits per heavy atom. The first-order valence-corrected chi connectivity index (χ1v) is 11.0. The summed E-state index contributed by atoms with van der Waals surface area (Å²) in [5.74, 6) is 3.55. The Morgan fingerprint density at radius 2 is 1.81 bits per heavy atom. The van der Waals surface area contributed by atoms with Crippen molar-refractivity contribution in [3.8, 4) is 0 Å². The van der Waals surface area contributed by atoms with Gasteiger partial charge >= 0.3 is 0 Å². The summed E-state index contributed by atoms with van der Waals surface area (Å²) >= 11 is 2.05. The third-order valence-corrected chi connectivity index (χ3v) is 6.88. The molecule has 0 saturated carbocycles. The molecule has 0 aliphatic carbocycles. The van der Waals surface area contributed by atoms with Gasteiger partial charge < -0.3 is 19.9 Å². The molecule has 0 spiro atoms. The van der Waals surface area contributed by atoms with Crippen LogP contribution in [-0.4, -0.2) is 109 Å². The highest BCUT2D eigenvalue weighted by molar-refractivity contribution is 14.0. The zero-order chi connectivity index (χ0) is 18.4. The molecule has 0 bridgehead atoms. The summed E-state index contributed by atoms with van der Waals surface area (Å²) in [5.41, 5.74) is 0.177. The second-order valence-electron chi connectivity index (χ2n) is 7.29. The Morgan fingerprint density at radius 3 is 2.37 bits per heavy atom. The van der Waals surface area contributed by atoms with E-state index in [1.54, 1.807) is 6.92 Å². The van der Waals surface area contributed by atoms with Crippen LogP contribution in [0.1, 0.15) is 20.3 Å². The highest BCUT2D eigenvalue weighted by atomic mass is 127. The van der Waals surface area contributed by atoms with E-state index < -0.39 is 0 Å². The fraction of sp³-hybridized carbons (Fsp3) is 0.889. The SMILES string of the molecule is CCNC(=NCC1(N2CCOCC2)CCSC1)N1CCN(C(C)=O)CC1.I. The van der Waals surface area contributed by atoms with E-state index in [4.69, 9.17) is 9.73 Å². The van der Waals surface area contributed by atoms with Crippen molar-refractivity contribution < 1.29 is 9.53 Å². The molecule has 1 N–H and O–H groups in total. The van der Waals surface area contributed by atoms with Crippen LogP contribution in [0.4, 0.5) is 0 Å². The Labute approximate surface area is 184 Å². The van der Waals surface area contributed by atoms with Crippen LogP contribution in [0.15, 0.2) is 4.99 Å². The van der Waals surface area contributed by atoms with Crippen LogP contribution in [0.3, 0.4) is 0 Å². The number of piperazine rings is 1. The third kappa shape index (κ3) is 5.86. The van der Waals surface area contributed by atoms with E-state index in [0.717, 1.165) is 77.3 Å². The lowest BCUT2D eigenvalue weighted by atomic mass is 9.96. The predicted molar refractivity (Wildman–Crippen MR) is 122 cm³/mol. The van der Waals surface area contributed by atoms with E-state index in [0.29, 0.717) is 0 Å². The summed E-state index contributed by atoms with van der Waals surface area (Å²) in [5, 5.41) is 3.46. The molecule has 27 heavy (non-hydrogen) atoms. The molecular weight excluding hydrogens is 477 g/mol. The van der Waals surface area contributed by atoms with E-state index >= 15 is 0 Å². The number of rotatable bonds is 4. The van der Waals surface area contributed by atoms with Gasteiger partial charge in [-0.1, -0.05) is 0 Å². The van der Waals surface area contributed by atoms with Gasteiger partial charge in [0.25, 0.3) is 0 Å². The number of aliphatic imine (C=N–C) groups is 1. The summed E-state index contributed by atoms with van der Waals surface area (Å²) in [6, 6.07) is 0. The van der Waals surface area contributed by atoms with Crippen molar-refractivity contribution in [2.75, 3.05) is 77.1 Å². The van der Waals surface area contributed by atoms with Crippen LogP contribution in [0.2, 0.25) is 0 Å². The first kappa shape index (κ1) is 23.0. The van der Waals surface area contributed by atoms with Gasteiger partial charge in [0, 0.05) is 58.5 Å². The number of nitrogens with one attached hydrogen (secondary N) is 1. The molecule has 1 amide bonds. The topological polar surface area (TPSA) is 60.4 Å². The quantitative estimate of drug-likeness (QED) is 0.345. The second kappa shape index (κ2) is 11.1. The molecule has 156 valence electrons. The number of ether oxygens (including phenoxy) is 1. The maximum Gasteiger partial charge on any atom is 0.219 e. The lowest BCUT2D eigenvalue weighted by molar-refractivity contribution is -0.130. The number of hydrogen-bond donors (Lipinski definition) is 1. The molecule has 1 atom stereocenters. The van der Waals surface area contributed by atoms with Crippen LogP contribution >= 0.6 is 35.7 Å². The summed E-state index contributed by atoms with van der Waals surface area (Å²) in [7, 11) is 0. The number of halogens is 1. The first-order valence-electron chi connectivity index (χ1n) is 9.84. The molecule has 9 heteroatoms. The summed E-state index contributed by atoms with van der Waals surface area (Å²) in [6.45, 7) is 12.5. The first-order chi connectivity index (χ1) is 12.6. The number of amides is 1. The van der Waals surface area contributed by atoms with Crippen molar-refractivity contribution in [2.24, 2.45) is 4.99 Å². The molecular formula is C18H34IN5O2S. The monoisotopic (exact) mass is 511 g/mol. The van der Waals surface area contributed by atoms with Crippen molar-refractivity contribution in [3.05, 3.63) is 0 Å². The molecule has 3 rings (SSSR count). The minimum absolute atomic E-state index is 0. The largest absolute Gasteiger partial charge is 0.379 e. The normalized spacial score (nSPS) is 27.4. The smallest absolute Gasteiger partial charge is 0.219 e. The molecule has 7 nitrogen and oxygen atoms in total. The molecule has 0 aromatic rings. The van der Waals surface area contributed by atoms with Gasteiger partial charge in [0.1, 0.15) is 0 Å². The molecule has 1 unspecified atom stereocenters. The average Bonchev–Trinajstić information content (AvgIpc) is 3.16. The van der Waals surface area contributed by atoms with Crippen LogP contribution in [0.5, 0.6) is 0 Å². The lowest BCUT2D eigenvalue weighted by Gasteiger charge is -2.42. The van der Waals surface area contributed by atoms with Crippen molar-refractivity contribution in [1.29, 1.82) is 0 Å². The van der Waals surface area contributed by atoms with Crippen molar-refractivity contribution in [2.45, 2.75) is 25.8 Å². The Hall–Kier alpha value is -0.260.